The largest absolute Gasteiger partial charge is 0.481 e. The highest BCUT2D eigenvalue weighted by Gasteiger charge is 1.78. The van der Waals surface area contributed by atoms with E-state index in [1.165, 1.54) is 0 Å². The number of aliphatic carboxylic acids is 1. The molecule has 0 aliphatic carbocycles. The van der Waals surface area contributed by atoms with Gasteiger partial charge in [-0.05, 0) is 0 Å². The normalized spacial score (nSPS) is 6.92. The molecule has 0 saturated heterocycles. The van der Waals surface area contributed by atoms with Crippen LogP contribution in [-0.4, -0.2) is 24.4 Å². The number of hydrogen-bond donors (Lipinski definition) is 6. The van der Waals surface area contributed by atoms with Crippen molar-refractivity contribution in [2.45, 2.75) is 6.92 Å². The monoisotopic (exact) mass is 225 g/mol. The fourth-order valence-electron chi connectivity index (χ4n) is 0. The summed E-state index contributed by atoms with van der Waals surface area (Å²) in [5.41, 5.74) is 0. The summed E-state index contributed by atoms with van der Waals surface area (Å²) in [7, 11) is -3.83. The SMILES string of the molecule is CC(=O)O.N.N.N.O=S(O)(O)=S. The second kappa shape index (κ2) is 13.2. The molecule has 0 fully saturated rings. The topological polar surface area (TPSA) is 200 Å². The number of hydrogen-bond acceptors (Lipinski definition) is 6. The third-order valence-electron chi connectivity index (χ3n) is 0. The minimum absolute atomic E-state index is 0. The Hall–Kier alpha value is -0.360. The molecular formula is C2H15N3O5S2. The predicted octanol–water partition coefficient (Wildman–Crippen LogP) is 0.256. The van der Waals surface area contributed by atoms with Crippen molar-refractivity contribution in [3.63, 3.8) is 0 Å². The summed E-state index contributed by atoms with van der Waals surface area (Å²) >= 11 is 3.47. The van der Waals surface area contributed by atoms with E-state index in [4.69, 9.17) is 23.2 Å². The Morgan fingerprint density at radius 3 is 1.25 bits per heavy atom. The maximum atomic E-state index is 9.11. The highest BCUT2D eigenvalue weighted by Crippen LogP contribution is 1.62. The van der Waals surface area contributed by atoms with Crippen LogP contribution in [0.2, 0.25) is 0 Å². The van der Waals surface area contributed by atoms with Gasteiger partial charge < -0.3 is 23.6 Å². The molecule has 0 amide bonds. The molecule has 0 radical (unpaired) electrons. The number of rotatable bonds is 0. The van der Waals surface area contributed by atoms with E-state index in [0.717, 1.165) is 6.92 Å². The molecule has 8 nitrogen and oxygen atoms in total. The zero-order valence-electron chi connectivity index (χ0n) is 6.60. The van der Waals surface area contributed by atoms with Crippen molar-refractivity contribution in [3.05, 3.63) is 0 Å². The molecule has 0 atom stereocenters. The van der Waals surface area contributed by atoms with Gasteiger partial charge >= 0.3 is 0 Å². The number of carboxylic acids is 1. The second-order valence-corrected chi connectivity index (χ2v) is 3.17. The van der Waals surface area contributed by atoms with Crippen LogP contribution < -0.4 is 18.5 Å². The lowest BCUT2D eigenvalue weighted by molar-refractivity contribution is -0.134. The number of carboxylic acid groups (broad SMARTS) is 1. The third-order valence-corrected chi connectivity index (χ3v) is 0. The molecule has 0 saturated carbocycles. The fraction of sp³-hybridized carbons (Fsp3) is 0.500. The van der Waals surface area contributed by atoms with Crippen LogP contribution in [0.4, 0.5) is 0 Å². The minimum Gasteiger partial charge on any atom is -0.481 e. The molecule has 0 unspecified atom stereocenters. The lowest BCUT2D eigenvalue weighted by Gasteiger charge is -1.73. The van der Waals surface area contributed by atoms with E-state index in [9.17, 15) is 0 Å². The Kier molecular flexibility index (Phi) is 33.0. The van der Waals surface area contributed by atoms with Gasteiger partial charge in [-0.3, -0.25) is 13.9 Å². The van der Waals surface area contributed by atoms with Crippen LogP contribution in [0.15, 0.2) is 0 Å². The van der Waals surface area contributed by atoms with Gasteiger partial charge in [-0.2, -0.15) is 4.21 Å². The van der Waals surface area contributed by atoms with E-state index >= 15 is 0 Å². The Morgan fingerprint density at radius 1 is 1.25 bits per heavy atom. The zero-order chi connectivity index (χ0) is 8.08. The highest BCUT2D eigenvalue weighted by atomic mass is 32.9. The summed E-state index contributed by atoms with van der Waals surface area (Å²) in [6.45, 7) is 1.08. The number of carbonyl (C=O) groups is 1. The van der Waals surface area contributed by atoms with Crippen molar-refractivity contribution in [1.82, 2.24) is 18.5 Å². The van der Waals surface area contributed by atoms with Gasteiger partial charge in [0.05, 0.1) is 0 Å². The highest BCUT2D eigenvalue weighted by molar-refractivity contribution is 8.26. The lowest BCUT2D eigenvalue weighted by atomic mass is 10.9. The van der Waals surface area contributed by atoms with E-state index in [1.54, 1.807) is 0 Å². The maximum Gasteiger partial charge on any atom is 0.300 e. The molecule has 0 aliphatic rings. The van der Waals surface area contributed by atoms with Gasteiger partial charge in [0.25, 0.3) is 15.0 Å². The zero-order valence-corrected chi connectivity index (χ0v) is 8.23. The molecule has 0 aromatic carbocycles. The first-order valence-corrected chi connectivity index (χ1v) is 4.02. The molecule has 12 N–H and O–H groups in total. The predicted molar refractivity (Wildman–Crippen MR) is 49.1 cm³/mol. The first kappa shape index (κ1) is 29.9. The quantitative estimate of drug-likeness (QED) is 0.334. The van der Waals surface area contributed by atoms with Gasteiger partial charge in [0.1, 0.15) is 0 Å². The van der Waals surface area contributed by atoms with Gasteiger partial charge in [-0.25, -0.2) is 0 Å². The van der Waals surface area contributed by atoms with E-state index in [1.807, 2.05) is 0 Å². The Bertz CT molecular complexity index is 165. The van der Waals surface area contributed by atoms with E-state index in [0.29, 0.717) is 0 Å². The van der Waals surface area contributed by atoms with Crippen molar-refractivity contribution in [2.75, 3.05) is 0 Å². The summed E-state index contributed by atoms with van der Waals surface area (Å²) in [6, 6.07) is 0. The van der Waals surface area contributed by atoms with Crippen molar-refractivity contribution in [2.24, 2.45) is 0 Å². The standard InChI is InChI=1S/C2H4O2.3H3N.H2O3S2/c1-2(3)4;;;;1-5(2,3)4/h1H3,(H,3,4);3*1H3;(H2,1,2,3,4). The first-order valence-electron chi connectivity index (χ1n) is 1.63. The summed E-state index contributed by atoms with van der Waals surface area (Å²) in [5.74, 6) is -0.833. The van der Waals surface area contributed by atoms with Crippen molar-refractivity contribution >= 4 is 26.2 Å². The third kappa shape index (κ3) is 5550. The van der Waals surface area contributed by atoms with Crippen molar-refractivity contribution in [1.29, 1.82) is 0 Å². The Labute approximate surface area is 75.4 Å². The molecule has 0 aliphatic heterocycles. The van der Waals surface area contributed by atoms with Crippen molar-refractivity contribution < 1.29 is 23.2 Å². The molecule has 12 heavy (non-hydrogen) atoms. The molecule has 10 heteroatoms. The van der Waals surface area contributed by atoms with Crippen LogP contribution in [0.5, 0.6) is 0 Å². The fourth-order valence-corrected chi connectivity index (χ4v) is 0. The van der Waals surface area contributed by atoms with Gasteiger partial charge in [-0.15, -0.1) is 0 Å². The molecule has 0 bridgehead atoms. The minimum atomic E-state index is -3.83. The van der Waals surface area contributed by atoms with Gasteiger partial charge in [0.2, 0.25) is 0 Å². The molecule has 0 aromatic heterocycles. The smallest absolute Gasteiger partial charge is 0.300 e. The van der Waals surface area contributed by atoms with Gasteiger partial charge in [0.15, 0.2) is 0 Å². The summed E-state index contributed by atoms with van der Waals surface area (Å²) in [5, 5.41) is 7.42. The summed E-state index contributed by atoms with van der Waals surface area (Å²) < 4.78 is 24.0. The van der Waals surface area contributed by atoms with Gasteiger partial charge in [0, 0.05) is 18.1 Å². The lowest BCUT2D eigenvalue weighted by Crippen LogP contribution is -1.86. The molecule has 0 heterocycles. The second-order valence-electron chi connectivity index (χ2n) is 0.967. The first-order chi connectivity index (χ1) is 3.73. The van der Waals surface area contributed by atoms with Crippen LogP contribution in [0.3, 0.4) is 0 Å². The van der Waals surface area contributed by atoms with Crippen LogP contribution in [-0.2, 0) is 25.0 Å². The molecular weight excluding hydrogens is 210 g/mol. The van der Waals surface area contributed by atoms with E-state index in [-0.39, 0.29) is 18.5 Å². The Balaban J connectivity index is -0.0000000221. The van der Waals surface area contributed by atoms with Crippen LogP contribution >= 0.6 is 0 Å². The molecule has 0 spiro atoms. The van der Waals surface area contributed by atoms with Crippen LogP contribution in [0.25, 0.3) is 0 Å². The maximum absolute atomic E-state index is 9.11. The van der Waals surface area contributed by atoms with Crippen LogP contribution in [0.1, 0.15) is 6.92 Å². The molecule has 0 rings (SSSR count). The summed E-state index contributed by atoms with van der Waals surface area (Å²) in [4.78, 5) is 9.00. The van der Waals surface area contributed by atoms with Crippen LogP contribution in [0, 0.1) is 0 Å². The van der Waals surface area contributed by atoms with Gasteiger partial charge in [-0.1, -0.05) is 0 Å². The summed E-state index contributed by atoms with van der Waals surface area (Å²) in [6.07, 6.45) is 0. The van der Waals surface area contributed by atoms with E-state index in [2.05, 4.69) is 11.2 Å². The van der Waals surface area contributed by atoms with E-state index < -0.39 is 15.0 Å². The average molecular weight is 225 g/mol. The molecule has 0 aromatic rings. The average Bonchev–Trinajstić information content (AvgIpc) is 1.19. The Morgan fingerprint density at radius 2 is 1.25 bits per heavy atom. The van der Waals surface area contributed by atoms with Crippen molar-refractivity contribution in [3.8, 4) is 0 Å². The molecule has 80 valence electrons.